The second-order valence-corrected chi connectivity index (χ2v) is 6.37. The molecule has 2 rings (SSSR count). The van der Waals surface area contributed by atoms with Gasteiger partial charge in [-0.25, -0.2) is 0 Å². The first kappa shape index (κ1) is 14.4. The van der Waals surface area contributed by atoms with Crippen molar-refractivity contribution in [3.05, 3.63) is 29.8 Å². The molecule has 1 aliphatic rings. The van der Waals surface area contributed by atoms with E-state index in [0.717, 1.165) is 18.5 Å². The second-order valence-electron chi connectivity index (χ2n) is 6.37. The Morgan fingerprint density at radius 2 is 1.89 bits per heavy atom. The van der Waals surface area contributed by atoms with Crippen LogP contribution in [0.2, 0.25) is 0 Å². The van der Waals surface area contributed by atoms with Crippen LogP contribution >= 0.6 is 0 Å². The Labute approximate surface area is 118 Å². The third kappa shape index (κ3) is 4.24. The number of hydrogen-bond acceptors (Lipinski definition) is 2. The van der Waals surface area contributed by atoms with Crippen LogP contribution in [0.5, 0.6) is 0 Å². The molecule has 1 N–H and O–H groups in total. The van der Waals surface area contributed by atoms with Gasteiger partial charge in [0, 0.05) is 31.4 Å². The molecule has 1 unspecified atom stereocenters. The lowest BCUT2D eigenvalue weighted by Gasteiger charge is -2.30. The van der Waals surface area contributed by atoms with E-state index in [1.807, 2.05) is 0 Å². The number of rotatable bonds is 7. The monoisotopic (exact) mass is 260 g/mol. The van der Waals surface area contributed by atoms with E-state index in [2.05, 4.69) is 62.3 Å². The molecule has 1 aliphatic carbocycles. The van der Waals surface area contributed by atoms with Crippen molar-refractivity contribution < 1.29 is 0 Å². The first-order valence-electron chi connectivity index (χ1n) is 7.62. The summed E-state index contributed by atoms with van der Waals surface area (Å²) in [4.78, 5) is 2.43. The summed E-state index contributed by atoms with van der Waals surface area (Å²) in [5.74, 6) is 0.745. The molecule has 0 saturated heterocycles. The Balaban J connectivity index is 2.03. The zero-order valence-corrected chi connectivity index (χ0v) is 12.8. The minimum absolute atomic E-state index is 0.585. The minimum Gasteiger partial charge on any atom is -0.372 e. The number of nitrogens with one attached hydrogen (secondary N) is 1. The summed E-state index contributed by atoms with van der Waals surface area (Å²) in [5.41, 5.74) is 2.80. The molecular weight excluding hydrogens is 232 g/mol. The highest BCUT2D eigenvalue weighted by Crippen LogP contribution is 2.25. The average Bonchev–Trinajstić information content (AvgIpc) is 3.19. The molecule has 0 radical (unpaired) electrons. The summed E-state index contributed by atoms with van der Waals surface area (Å²) in [6, 6.07) is 10.2. The normalized spacial score (nSPS) is 16.7. The Bertz CT molecular complexity index is 396. The molecule has 106 valence electrons. The molecule has 2 nitrogen and oxygen atoms in total. The number of anilines is 1. The number of benzene rings is 1. The van der Waals surface area contributed by atoms with Gasteiger partial charge >= 0.3 is 0 Å². The highest BCUT2D eigenvalue weighted by atomic mass is 15.1. The summed E-state index contributed by atoms with van der Waals surface area (Å²) in [5, 5.41) is 3.62. The molecule has 1 aromatic carbocycles. The first-order chi connectivity index (χ1) is 9.08. The van der Waals surface area contributed by atoms with Gasteiger partial charge in [0.1, 0.15) is 0 Å². The molecule has 1 aromatic rings. The molecule has 0 amide bonds. The Morgan fingerprint density at radius 3 is 2.53 bits per heavy atom. The van der Waals surface area contributed by atoms with Gasteiger partial charge in [0.2, 0.25) is 0 Å². The fourth-order valence-electron chi connectivity index (χ4n) is 2.62. The van der Waals surface area contributed by atoms with E-state index in [1.165, 1.54) is 30.5 Å². The van der Waals surface area contributed by atoms with Crippen LogP contribution in [0.3, 0.4) is 0 Å². The highest BCUT2D eigenvalue weighted by molar-refractivity contribution is 5.53. The topological polar surface area (TPSA) is 15.3 Å². The smallest absolute Gasteiger partial charge is 0.0411 e. The third-order valence-corrected chi connectivity index (χ3v) is 4.00. The third-order valence-electron chi connectivity index (χ3n) is 4.00. The van der Waals surface area contributed by atoms with E-state index in [9.17, 15) is 0 Å². The van der Waals surface area contributed by atoms with Gasteiger partial charge in [-0.1, -0.05) is 32.0 Å². The van der Waals surface area contributed by atoms with Crippen LogP contribution in [-0.4, -0.2) is 19.1 Å². The summed E-state index contributed by atoms with van der Waals surface area (Å²) in [6.45, 7) is 7.92. The van der Waals surface area contributed by atoms with Gasteiger partial charge in [0.15, 0.2) is 0 Å². The van der Waals surface area contributed by atoms with E-state index in [0.29, 0.717) is 6.04 Å². The molecule has 0 bridgehead atoms. The van der Waals surface area contributed by atoms with Crippen LogP contribution in [0.15, 0.2) is 24.3 Å². The van der Waals surface area contributed by atoms with Crippen LogP contribution in [-0.2, 0) is 6.54 Å². The number of hydrogen-bond donors (Lipinski definition) is 1. The standard InChI is InChI=1S/C17H28N2/c1-13(2)11-14(3)19(4)17-8-6-5-7-15(17)12-18-16-9-10-16/h5-8,13-14,16,18H,9-12H2,1-4H3. The Morgan fingerprint density at radius 1 is 1.21 bits per heavy atom. The average molecular weight is 260 g/mol. The quantitative estimate of drug-likeness (QED) is 0.802. The molecule has 1 fully saturated rings. The second kappa shape index (κ2) is 6.42. The van der Waals surface area contributed by atoms with Crippen molar-refractivity contribution in [1.82, 2.24) is 5.32 Å². The van der Waals surface area contributed by atoms with Gasteiger partial charge in [0.25, 0.3) is 0 Å². The predicted octanol–water partition coefficient (Wildman–Crippen LogP) is 3.81. The van der Waals surface area contributed by atoms with E-state index < -0.39 is 0 Å². The van der Waals surface area contributed by atoms with E-state index >= 15 is 0 Å². The van der Waals surface area contributed by atoms with Gasteiger partial charge in [-0.3, -0.25) is 0 Å². The van der Waals surface area contributed by atoms with Gasteiger partial charge in [0.05, 0.1) is 0 Å². The van der Waals surface area contributed by atoms with Crippen LogP contribution in [0.4, 0.5) is 5.69 Å². The minimum atomic E-state index is 0.585. The lowest BCUT2D eigenvalue weighted by Crippen LogP contribution is -2.31. The van der Waals surface area contributed by atoms with Crippen LogP contribution < -0.4 is 10.2 Å². The number of nitrogens with zero attached hydrogens (tertiary/aromatic N) is 1. The van der Waals surface area contributed by atoms with E-state index in [-0.39, 0.29) is 0 Å². The van der Waals surface area contributed by atoms with Crippen molar-refractivity contribution in [1.29, 1.82) is 0 Å². The molecule has 19 heavy (non-hydrogen) atoms. The molecule has 0 spiro atoms. The molecule has 0 heterocycles. The zero-order valence-electron chi connectivity index (χ0n) is 12.8. The molecule has 0 aromatic heterocycles. The lowest BCUT2D eigenvalue weighted by atomic mass is 10.0. The fourth-order valence-corrected chi connectivity index (χ4v) is 2.62. The van der Waals surface area contributed by atoms with Crippen molar-refractivity contribution in [2.45, 2.75) is 58.7 Å². The maximum absolute atomic E-state index is 3.62. The molecular formula is C17H28N2. The summed E-state index contributed by atoms with van der Waals surface area (Å²) in [6.07, 6.45) is 3.93. The predicted molar refractivity (Wildman–Crippen MR) is 83.6 cm³/mol. The summed E-state index contributed by atoms with van der Waals surface area (Å²) in [7, 11) is 2.23. The van der Waals surface area contributed by atoms with Gasteiger partial charge in [-0.15, -0.1) is 0 Å². The van der Waals surface area contributed by atoms with Crippen molar-refractivity contribution in [3.8, 4) is 0 Å². The van der Waals surface area contributed by atoms with Crippen LogP contribution in [0, 0.1) is 5.92 Å². The van der Waals surface area contributed by atoms with Gasteiger partial charge in [-0.2, -0.15) is 0 Å². The molecule has 2 heteroatoms. The fraction of sp³-hybridized carbons (Fsp3) is 0.647. The Kier molecular flexibility index (Phi) is 4.87. The van der Waals surface area contributed by atoms with Crippen LogP contribution in [0.25, 0.3) is 0 Å². The Hall–Kier alpha value is -1.02. The first-order valence-corrected chi connectivity index (χ1v) is 7.62. The maximum atomic E-state index is 3.62. The van der Waals surface area contributed by atoms with Crippen LogP contribution in [0.1, 0.15) is 45.6 Å². The van der Waals surface area contributed by atoms with Crippen molar-refractivity contribution in [2.24, 2.45) is 5.92 Å². The number of para-hydroxylation sites is 1. The van der Waals surface area contributed by atoms with Gasteiger partial charge in [-0.05, 0) is 43.7 Å². The summed E-state index contributed by atoms with van der Waals surface area (Å²) < 4.78 is 0. The molecule has 1 atom stereocenters. The molecule has 0 aliphatic heterocycles. The van der Waals surface area contributed by atoms with Crippen molar-refractivity contribution in [2.75, 3.05) is 11.9 Å². The van der Waals surface area contributed by atoms with Crippen molar-refractivity contribution in [3.63, 3.8) is 0 Å². The zero-order chi connectivity index (χ0) is 13.8. The highest BCUT2D eigenvalue weighted by Gasteiger charge is 2.21. The lowest BCUT2D eigenvalue weighted by molar-refractivity contribution is 0.503. The molecule has 1 saturated carbocycles. The van der Waals surface area contributed by atoms with Gasteiger partial charge < -0.3 is 10.2 Å². The van der Waals surface area contributed by atoms with Crippen molar-refractivity contribution >= 4 is 5.69 Å². The van der Waals surface area contributed by atoms with E-state index in [4.69, 9.17) is 0 Å². The SMILES string of the molecule is CC(C)CC(C)N(C)c1ccccc1CNC1CC1. The van der Waals surface area contributed by atoms with E-state index in [1.54, 1.807) is 0 Å². The largest absolute Gasteiger partial charge is 0.372 e. The summed E-state index contributed by atoms with van der Waals surface area (Å²) >= 11 is 0. The maximum Gasteiger partial charge on any atom is 0.0411 e.